The number of hydrogen-bond donors (Lipinski definition) is 1. The van der Waals surface area contributed by atoms with Crippen LogP contribution in [0.1, 0.15) is 44.9 Å². The van der Waals surface area contributed by atoms with Gasteiger partial charge in [-0.25, -0.2) is 0 Å². The molecule has 0 bridgehead atoms. The maximum absolute atomic E-state index is 12.0. The van der Waals surface area contributed by atoms with Crippen LogP contribution in [-0.4, -0.2) is 17.7 Å². The SMILES string of the molecule is O=C(CSc1ccc(Cl)cc1)NC1CCCCCCC1. The van der Waals surface area contributed by atoms with Crippen molar-refractivity contribution in [1.82, 2.24) is 5.32 Å². The van der Waals surface area contributed by atoms with Crippen LogP contribution in [0.3, 0.4) is 0 Å². The minimum Gasteiger partial charge on any atom is -0.353 e. The monoisotopic (exact) mass is 311 g/mol. The van der Waals surface area contributed by atoms with Crippen LogP contribution >= 0.6 is 23.4 Å². The maximum Gasteiger partial charge on any atom is 0.230 e. The van der Waals surface area contributed by atoms with E-state index in [2.05, 4.69) is 5.32 Å². The lowest BCUT2D eigenvalue weighted by Gasteiger charge is -2.20. The summed E-state index contributed by atoms with van der Waals surface area (Å²) < 4.78 is 0. The number of nitrogens with one attached hydrogen (secondary N) is 1. The van der Waals surface area contributed by atoms with E-state index in [1.54, 1.807) is 11.8 Å². The molecule has 110 valence electrons. The molecule has 0 spiro atoms. The van der Waals surface area contributed by atoms with Crippen molar-refractivity contribution in [3.63, 3.8) is 0 Å². The van der Waals surface area contributed by atoms with Gasteiger partial charge in [0.15, 0.2) is 0 Å². The van der Waals surface area contributed by atoms with Crippen molar-refractivity contribution in [1.29, 1.82) is 0 Å². The summed E-state index contributed by atoms with van der Waals surface area (Å²) in [5, 5.41) is 3.91. The molecule has 4 heteroatoms. The first-order chi connectivity index (χ1) is 9.74. The van der Waals surface area contributed by atoms with Gasteiger partial charge in [-0.2, -0.15) is 0 Å². The highest BCUT2D eigenvalue weighted by atomic mass is 35.5. The first-order valence-electron chi connectivity index (χ1n) is 7.42. The van der Waals surface area contributed by atoms with Gasteiger partial charge >= 0.3 is 0 Å². The van der Waals surface area contributed by atoms with Crippen LogP contribution in [0.25, 0.3) is 0 Å². The number of thioether (sulfide) groups is 1. The summed E-state index contributed by atoms with van der Waals surface area (Å²) in [4.78, 5) is 13.1. The standard InChI is InChI=1S/C16H22ClNOS/c17-13-8-10-15(11-9-13)20-12-16(19)18-14-6-4-2-1-3-5-7-14/h8-11,14H,1-7,12H2,(H,18,19). The van der Waals surface area contributed by atoms with Gasteiger partial charge in [0.25, 0.3) is 0 Å². The summed E-state index contributed by atoms with van der Waals surface area (Å²) in [5.74, 6) is 0.633. The number of carbonyl (C=O) groups is 1. The molecule has 20 heavy (non-hydrogen) atoms. The van der Waals surface area contributed by atoms with E-state index in [0.717, 1.165) is 22.8 Å². The molecule has 0 heterocycles. The third-order valence-electron chi connectivity index (χ3n) is 3.65. The van der Waals surface area contributed by atoms with Crippen LogP contribution in [0.2, 0.25) is 5.02 Å². The van der Waals surface area contributed by atoms with Gasteiger partial charge in [0, 0.05) is 16.0 Å². The third kappa shape index (κ3) is 5.76. The van der Waals surface area contributed by atoms with Gasteiger partial charge in [0.05, 0.1) is 5.75 Å². The van der Waals surface area contributed by atoms with E-state index in [1.807, 2.05) is 24.3 Å². The Labute approximate surface area is 130 Å². The quantitative estimate of drug-likeness (QED) is 0.819. The lowest BCUT2D eigenvalue weighted by Crippen LogP contribution is -2.36. The molecule has 2 nitrogen and oxygen atoms in total. The van der Waals surface area contributed by atoms with E-state index in [1.165, 1.54) is 32.1 Å². The molecule has 1 aromatic rings. The number of halogens is 1. The van der Waals surface area contributed by atoms with Crippen LogP contribution in [0.15, 0.2) is 29.2 Å². The fraction of sp³-hybridized carbons (Fsp3) is 0.562. The van der Waals surface area contributed by atoms with E-state index in [9.17, 15) is 4.79 Å². The molecular weight excluding hydrogens is 290 g/mol. The molecule has 1 aromatic carbocycles. The van der Waals surface area contributed by atoms with E-state index in [4.69, 9.17) is 11.6 Å². The number of benzene rings is 1. The lowest BCUT2D eigenvalue weighted by molar-refractivity contribution is -0.119. The zero-order valence-electron chi connectivity index (χ0n) is 11.7. The predicted molar refractivity (Wildman–Crippen MR) is 86.4 cm³/mol. The third-order valence-corrected chi connectivity index (χ3v) is 4.92. The van der Waals surface area contributed by atoms with E-state index in [0.29, 0.717) is 11.8 Å². The number of amides is 1. The van der Waals surface area contributed by atoms with Gasteiger partial charge in [-0.3, -0.25) is 4.79 Å². The second-order valence-corrected chi connectivity index (χ2v) is 6.84. The molecule has 1 aliphatic rings. The minimum absolute atomic E-state index is 0.149. The molecule has 2 rings (SSSR count). The Bertz CT molecular complexity index is 413. The molecule has 1 amide bonds. The zero-order valence-corrected chi connectivity index (χ0v) is 13.3. The number of hydrogen-bond acceptors (Lipinski definition) is 2. The Morgan fingerprint density at radius 3 is 2.35 bits per heavy atom. The fourth-order valence-corrected chi connectivity index (χ4v) is 3.39. The summed E-state index contributed by atoms with van der Waals surface area (Å²) in [7, 11) is 0. The Balaban J connectivity index is 1.72. The van der Waals surface area contributed by atoms with Crippen LogP contribution in [0, 0.1) is 0 Å². The van der Waals surface area contributed by atoms with E-state index < -0.39 is 0 Å². The van der Waals surface area contributed by atoms with Gasteiger partial charge in [-0.1, -0.05) is 43.7 Å². The molecule has 0 aromatic heterocycles. The second-order valence-electron chi connectivity index (χ2n) is 5.35. The Hall–Kier alpha value is -0.670. The molecule has 0 radical (unpaired) electrons. The molecular formula is C16H22ClNOS. The average Bonchev–Trinajstić information content (AvgIpc) is 2.41. The summed E-state index contributed by atoms with van der Waals surface area (Å²) in [6.07, 6.45) is 8.74. The summed E-state index contributed by atoms with van der Waals surface area (Å²) >= 11 is 7.41. The number of rotatable bonds is 4. The van der Waals surface area contributed by atoms with Gasteiger partial charge in [-0.05, 0) is 37.1 Å². The van der Waals surface area contributed by atoms with Gasteiger partial charge in [-0.15, -0.1) is 11.8 Å². The van der Waals surface area contributed by atoms with Crippen LogP contribution in [-0.2, 0) is 4.79 Å². The molecule has 1 saturated carbocycles. The van der Waals surface area contributed by atoms with Crippen molar-refractivity contribution < 1.29 is 4.79 Å². The Kier molecular flexibility index (Phi) is 6.74. The Morgan fingerprint density at radius 1 is 1.10 bits per heavy atom. The van der Waals surface area contributed by atoms with Crippen molar-refractivity contribution in [2.75, 3.05) is 5.75 Å². The van der Waals surface area contributed by atoms with Gasteiger partial charge in [0.1, 0.15) is 0 Å². The topological polar surface area (TPSA) is 29.1 Å². The van der Waals surface area contributed by atoms with Gasteiger partial charge < -0.3 is 5.32 Å². The molecule has 1 N–H and O–H groups in total. The molecule has 1 aliphatic carbocycles. The average molecular weight is 312 g/mol. The second kappa shape index (κ2) is 8.58. The van der Waals surface area contributed by atoms with Crippen molar-refractivity contribution in [3.8, 4) is 0 Å². The highest BCUT2D eigenvalue weighted by molar-refractivity contribution is 8.00. The van der Waals surface area contributed by atoms with Crippen molar-refractivity contribution in [2.45, 2.75) is 55.9 Å². The molecule has 0 aliphatic heterocycles. The minimum atomic E-state index is 0.149. The smallest absolute Gasteiger partial charge is 0.230 e. The normalized spacial score (nSPS) is 17.2. The molecule has 0 saturated heterocycles. The first kappa shape index (κ1) is 15.7. The summed E-state index contributed by atoms with van der Waals surface area (Å²) in [6, 6.07) is 8.01. The first-order valence-corrected chi connectivity index (χ1v) is 8.78. The largest absolute Gasteiger partial charge is 0.353 e. The zero-order chi connectivity index (χ0) is 14.2. The van der Waals surface area contributed by atoms with Crippen LogP contribution < -0.4 is 5.32 Å². The predicted octanol–water partition coefficient (Wildman–Crippen LogP) is 4.66. The lowest BCUT2D eigenvalue weighted by atomic mass is 9.97. The summed E-state index contributed by atoms with van der Waals surface area (Å²) in [6.45, 7) is 0. The highest BCUT2D eigenvalue weighted by Gasteiger charge is 2.13. The van der Waals surface area contributed by atoms with E-state index in [-0.39, 0.29) is 5.91 Å². The van der Waals surface area contributed by atoms with E-state index >= 15 is 0 Å². The molecule has 0 unspecified atom stereocenters. The van der Waals surface area contributed by atoms with Crippen LogP contribution in [0.4, 0.5) is 0 Å². The maximum atomic E-state index is 12.0. The summed E-state index contributed by atoms with van der Waals surface area (Å²) in [5.41, 5.74) is 0. The molecule has 1 fully saturated rings. The van der Waals surface area contributed by atoms with Gasteiger partial charge in [0.2, 0.25) is 5.91 Å². The Morgan fingerprint density at radius 2 is 1.70 bits per heavy atom. The van der Waals surface area contributed by atoms with Crippen molar-refractivity contribution in [2.24, 2.45) is 0 Å². The van der Waals surface area contributed by atoms with Crippen LogP contribution in [0.5, 0.6) is 0 Å². The molecule has 0 atom stereocenters. The fourth-order valence-electron chi connectivity index (χ4n) is 2.55. The van der Waals surface area contributed by atoms with Crippen molar-refractivity contribution >= 4 is 29.3 Å². The highest BCUT2D eigenvalue weighted by Crippen LogP contribution is 2.21. The van der Waals surface area contributed by atoms with Crippen molar-refractivity contribution in [3.05, 3.63) is 29.3 Å². The number of carbonyl (C=O) groups excluding carboxylic acids is 1.